The topological polar surface area (TPSA) is 170 Å². The van der Waals surface area contributed by atoms with Crippen LogP contribution in [0, 0.1) is 23.0 Å². The SMILES string of the molecule is N=CC12CC1C(F)(F)c1c2c(C(F)F)nn1CC(=O)N[C@@H](Cc1cc(F)cc(F)c1)c1nc2cc(C3CC3)ccc2c(=O)n1-c1ccc(Cl)c2c(NS(=O)(=O)C3CC3)nn(CC(F)F)c12. The lowest BCUT2D eigenvalue weighted by molar-refractivity contribution is -0.123. The molecule has 0 spiro atoms. The van der Waals surface area contributed by atoms with E-state index in [1.165, 1.54) is 18.2 Å². The number of nitrogens with one attached hydrogen (secondary N) is 3. The van der Waals surface area contributed by atoms with E-state index in [-0.39, 0.29) is 56.2 Å². The molecular formula is C42H34ClF8N9O4S. The van der Waals surface area contributed by atoms with Crippen molar-refractivity contribution in [3.63, 3.8) is 0 Å². The summed E-state index contributed by atoms with van der Waals surface area (Å²) in [4.78, 5) is 34.1. The molecule has 3 saturated carbocycles. The highest BCUT2D eigenvalue weighted by molar-refractivity contribution is 7.93. The summed E-state index contributed by atoms with van der Waals surface area (Å²) < 4.78 is 149. The second kappa shape index (κ2) is 15.1. The molecule has 3 aromatic heterocycles. The summed E-state index contributed by atoms with van der Waals surface area (Å²) in [5, 5.41) is 17.2. The zero-order valence-corrected chi connectivity index (χ0v) is 35.0. The van der Waals surface area contributed by atoms with Crippen molar-refractivity contribution in [3.8, 4) is 5.69 Å². The predicted molar refractivity (Wildman–Crippen MR) is 220 cm³/mol. The minimum absolute atomic E-state index is 0.00901. The first-order chi connectivity index (χ1) is 30.8. The van der Waals surface area contributed by atoms with Gasteiger partial charge < -0.3 is 10.7 Å². The molecule has 3 N–H and O–H groups in total. The number of benzene rings is 3. The van der Waals surface area contributed by atoms with Gasteiger partial charge in [0.1, 0.15) is 41.9 Å². The van der Waals surface area contributed by atoms with Gasteiger partial charge >= 0.3 is 0 Å². The lowest BCUT2D eigenvalue weighted by Crippen LogP contribution is -2.38. The molecule has 4 aliphatic rings. The number of rotatable bonds is 15. The summed E-state index contributed by atoms with van der Waals surface area (Å²) in [6.45, 7) is -2.24. The Morgan fingerprint density at radius 2 is 1.71 bits per heavy atom. The highest BCUT2D eigenvalue weighted by Crippen LogP contribution is 2.71. The largest absolute Gasteiger partial charge is 0.344 e. The molecule has 340 valence electrons. The second-order valence-corrected chi connectivity index (χ2v) is 19.3. The van der Waals surface area contributed by atoms with Crippen LogP contribution >= 0.6 is 11.6 Å². The van der Waals surface area contributed by atoms with Crippen LogP contribution in [0.15, 0.2) is 53.3 Å². The Kier molecular flexibility index (Phi) is 9.98. The third kappa shape index (κ3) is 7.22. The average Bonchev–Trinajstić information content (AvgIpc) is 4.14. The van der Waals surface area contributed by atoms with Gasteiger partial charge in [-0.05, 0) is 85.5 Å². The van der Waals surface area contributed by atoms with Crippen LogP contribution in [-0.2, 0) is 45.7 Å². The van der Waals surface area contributed by atoms with Gasteiger partial charge in [0.2, 0.25) is 15.9 Å². The Hall–Kier alpha value is -5.90. The fourth-order valence-corrected chi connectivity index (χ4v) is 10.8. The number of hydrogen-bond acceptors (Lipinski definition) is 8. The van der Waals surface area contributed by atoms with Crippen LogP contribution in [0.25, 0.3) is 27.5 Å². The van der Waals surface area contributed by atoms with Gasteiger partial charge in [-0.3, -0.25) is 28.2 Å². The van der Waals surface area contributed by atoms with Gasteiger partial charge in [0.25, 0.3) is 24.3 Å². The summed E-state index contributed by atoms with van der Waals surface area (Å²) in [6, 6.07) is 8.12. The number of carbonyl (C=O) groups excluding carboxylic acids is 1. The van der Waals surface area contributed by atoms with E-state index in [2.05, 4.69) is 20.2 Å². The van der Waals surface area contributed by atoms with Gasteiger partial charge in [0, 0.05) is 35.6 Å². The first-order valence-corrected chi connectivity index (χ1v) is 22.3. The molecule has 0 saturated heterocycles. The van der Waals surface area contributed by atoms with Crippen molar-refractivity contribution >= 4 is 61.4 Å². The molecule has 0 radical (unpaired) electrons. The minimum atomic E-state index is -4.08. The Morgan fingerprint density at radius 1 is 0.985 bits per heavy atom. The number of amides is 1. The van der Waals surface area contributed by atoms with E-state index < -0.39 is 117 Å². The van der Waals surface area contributed by atoms with Crippen molar-refractivity contribution < 1.29 is 48.3 Å². The normalized spacial score (nSPS) is 20.4. The molecule has 10 rings (SSSR count). The van der Waals surface area contributed by atoms with E-state index in [4.69, 9.17) is 22.0 Å². The highest BCUT2D eigenvalue weighted by atomic mass is 35.5. The van der Waals surface area contributed by atoms with Crippen molar-refractivity contribution in [2.75, 3.05) is 4.72 Å². The highest BCUT2D eigenvalue weighted by Gasteiger charge is 2.76. The number of carbonyl (C=O) groups is 1. The predicted octanol–water partition coefficient (Wildman–Crippen LogP) is 7.96. The summed E-state index contributed by atoms with van der Waals surface area (Å²) in [5.74, 6) is -9.18. The molecule has 4 aliphatic carbocycles. The van der Waals surface area contributed by atoms with Crippen molar-refractivity contribution in [3.05, 3.63) is 109 Å². The Labute approximate surface area is 367 Å². The van der Waals surface area contributed by atoms with E-state index in [1.54, 1.807) is 12.1 Å². The van der Waals surface area contributed by atoms with Crippen LogP contribution in [-0.4, -0.2) is 61.3 Å². The smallest absolute Gasteiger partial charge is 0.293 e. The summed E-state index contributed by atoms with van der Waals surface area (Å²) >= 11 is 6.65. The van der Waals surface area contributed by atoms with E-state index in [0.717, 1.165) is 39.8 Å². The first-order valence-electron chi connectivity index (χ1n) is 20.4. The van der Waals surface area contributed by atoms with Crippen LogP contribution < -0.4 is 15.6 Å². The molecule has 65 heavy (non-hydrogen) atoms. The number of aromatic nitrogens is 6. The van der Waals surface area contributed by atoms with Crippen molar-refractivity contribution in [1.82, 2.24) is 34.4 Å². The number of alkyl halides is 6. The lowest BCUT2D eigenvalue weighted by atomic mass is 9.98. The number of nitrogens with zero attached hydrogens (tertiary/aromatic N) is 6. The van der Waals surface area contributed by atoms with Crippen LogP contribution in [0.2, 0.25) is 5.02 Å². The quantitative estimate of drug-likeness (QED) is 0.0693. The Morgan fingerprint density at radius 3 is 2.35 bits per heavy atom. The lowest BCUT2D eigenvalue weighted by Gasteiger charge is -2.24. The van der Waals surface area contributed by atoms with E-state index in [9.17, 15) is 39.6 Å². The molecule has 6 aromatic rings. The Bertz CT molecular complexity index is 3170. The van der Waals surface area contributed by atoms with Crippen molar-refractivity contribution in [1.29, 1.82) is 5.41 Å². The summed E-state index contributed by atoms with van der Waals surface area (Å²) in [6.07, 6.45) is -4.25. The van der Waals surface area contributed by atoms with Crippen LogP contribution in [0.4, 0.5) is 40.9 Å². The standard InChI is InChI=1S/C42H34ClF8N9O4S/c43-25-7-8-28(35-32(25)38(56-58(35)15-30(46)47)57-65(63,64)23-4-5-23)60-39(54-26-12-20(19-1-2-19)3-6-24(26)40(60)62)27(11-18-9-21(44)13-22(45)10-18)53-31(61)16-59-36-33(34(55-59)37(48)49)41(17-52)14-29(41)42(36,50)51/h3,6-10,12-13,17,19,23,27,29-30,37,52H,1-2,4-5,11,14-16H2,(H,53,61)(H,56,57)/t27-,29?,41?/m0/s1. The van der Waals surface area contributed by atoms with Gasteiger partial charge in [0.05, 0.1) is 43.8 Å². The molecule has 23 heteroatoms. The molecule has 13 nitrogen and oxygen atoms in total. The fraction of sp³-hybridized carbons (Fsp3) is 0.381. The molecule has 3 aromatic carbocycles. The molecule has 2 unspecified atom stereocenters. The average molecular weight is 948 g/mol. The number of fused-ring (bicyclic) bond motifs is 5. The number of hydrogen-bond donors (Lipinski definition) is 3. The van der Waals surface area contributed by atoms with E-state index in [1.807, 2.05) is 0 Å². The van der Waals surface area contributed by atoms with Crippen molar-refractivity contribution in [2.24, 2.45) is 5.92 Å². The van der Waals surface area contributed by atoms with Crippen LogP contribution in [0.5, 0.6) is 0 Å². The number of sulfonamides is 1. The first kappa shape index (κ1) is 43.0. The second-order valence-electron chi connectivity index (χ2n) is 17.0. The minimum Gasteiger partial charge on any atom is -0.344 e. The van der Waals surface area contributed by atoms with Crippen LogP contribution in [0.1, 0.15) is 84.4 Å². The Balaban J connectivity index is 1.17. The van der Waals surface area contributed by atoms with Gasteiger partial charge in [0.15, 0.2) is 5.82 Å². The van der Waals surface area contributed by atoms with Crippen LogP contribution in [0.3, 0.4) is 0 Å². The zero-order valence-electron chi connectivity index (χ0n) is 33.4. The van der Waals surface area contributed by atoms with Gasteiger partial charge in [-0.1, -0.05) is 17.7 Å². The van der Waals surface area contributed by atoms with Gasteiger partial charge in [-0.15, -0.1) is 0 Å². The van der Waals surface area contributed by atoms with Crippen molar-refractivity contribution in [2.45, 2.75) is 93.0 Å². The third-order valence-electron chi connectivity index (χ3n) is 12.5. The van der Waals surface area contributed by atoms with Gasteiger partial charge in [-0.25, -0.2) is 39.7 Å². The molecule has 1 amide bonds. The summed E-state index contributed by atoms with van der Waals surface area (Å²) in [5.41, 5.74) is -4.83. The number of anilines is 1. The monoisotopic (exact) mass is 947 g/mol. The third-order valence-corrected chi connectivity index (χ3v) is 14.7. The molecule has 3 fully saturated rings. The zero-order chi connectivity index (χ0) is 46.1. The molecular weight excluding hydrogens is 914 g/mol. The maximum Gasteiger partial charge on any atom is 0.293 e. The number of halogens is 9. The van der Waals surface area contributed by atoms with E-state index in [0.29, 0.717) is 29.8 Å². The molecule has 3 atom stereocenters. The van der Waals surface area contributed by atoms with E-state index >= 15 is 13.6 Å². The maximum atomic E-state index is 15.9. The molecule has 0 aliphatic heterocycles. The summed E-state index contributed by atoms with van der Waals surface area (Å²) in [7, 11) is -4.08. The molecule has 0 bridgehead atoms. The van der Waals surface area contributed by atoms with Gasteiger partial charge in [-0.2, -0.15) is 19.0 Å². The maximum absolute atomic E-state index is 15.9. The fourth-order valence-electron chi connectivity index (χ4n) is 9.23. The molecule has 3 heterocycles.